The summed E-state index contributed by atoms with van der Waals surface area (Å²) < 4.78 is 5.47. The Balaban J connectivity index is 3.38. The Morgan fingerprint density at radius 2 is 0.621 bits per heavy atom. The summed E-state index contributed by atoms with van der Waals surface area (Å²) in [6.07, 6.45) is 65.3. The summed E-state index contributed by atoms with van der Waals surface area (Å²) in [5.41, 5.74) is 0. The lowest BCUT2D eigenvalue weighted by atomic mass is 10.0. The van der Waals surface area contributed by atoms with Gasteiger partial charge in [-0.15, -0.1) is 0 Å². The largest absolute Gasteiger partial charge is 0.466 e. The van der Waals surface area contributed by atoms with Crippen molar-refractivity contribution in [2.75, 3.05) is 13.2 Å². The third kappa shape index (κ3) is 52.2. The molecule has 0 aliphatic carbocycles. The molecule has 0 aromatic rings. The molecule has 0 bridgehead atoms. The van der Waals surface area contributed by atoms with Gasteiger partial charge in [-0.2, -0.15) is 0 Å². The van der Waals surface area contributed by atoms with Crippen LogP contribution in [0.4, 0.5) is 0 Å². The monoisotopic (exact) mass is 934 g/mol. The molecule has 0 radical (unpaired) electrons. The average Bonchev–Trinajstić information content (AvgIpc) is 3.32. The summed E-state index contributed by atoms with van der Waals surface area (Å²) in [6, 6.07) is -0.541. The maximum atomic E-state index is 12.5. The fourth-order valence-corrected chi connectivity index (χ4v) is 9.76. The Hall–Kier alpha value is -1.14. The molecule has 0 spiro atoms. The quantitative estimate of drug-likeness (QED) is 0.0417. The molecular weight excluding hydrogens is 815 g/mol. The summed E-state index contributed by atoms with van der Waals surface area (Å²) >= 11 is 0. The van der Waals surface area contributed by atoms with Crippen LogP contribution in [0.1, 0.15) is 348 Å². The minimum Gasteiger partial charge on any atom is -0.466 e. The smallest absolute Gasteiger partial charge is 0.305 e. The molecule has 0 saturated carbocycles. The number of esters is 1. The van der Waals surface area contributed by atoms with Gasteiger partial charge in [-0.3, -0.25) is 9.59 Å². The highest BCUT2D eigenvalue weighted by Gasteiger charge is 2.20. The lowest BCUT2D eigenvalue weighted by Gasteiger charge is -2.22. The van der Waals surface area contributed by atoms with Crippen molar-refractivity contribution < 1.29 is 24.5 Å². The van der Waals surface area contributed by atoms with Crippen molar-refractivity contribution >= 4 is 11.9 Å². The third-order valence-corrected chi connectivity index (χ3v) is 14.4. The zero-order valence-corrected chi connectivity index (χ0v) is 45.0. The first-order valence-corrected chi connectivity index (χ1v) is 30.3. The SMILES string of the molecule is CCCCCCCCCCCCCCCCCCCC(O)C(CO)NC(=O)CCCCCCCCCCCCCCCCCCCCCCOC(=O)CCCCCCCCCCCCCC. The highest BCUT2D eigenvalue weighted by molar-refractivity contribution is 5.76. The second-order valence-electron chi connectivity index (χ2n) is 21.1. The number of carbonyl (C=O) groups is 2. The number of hydrogen-bond acceptors (Lipinski definition) is 5. The number of carbonyl (C=O) groups excluding carboxylic acids is 2. The predicted molar refractivity (Wildman–Crippen MR) is 287 cm³/mol. The van der Waals surface area contributed by atoms with Crippen LogP contribution >= 0.6 is 0 Å². The van der Waals surface area contributed by atoms with Crippen molar-refractivity contribution in [2.24, 2.45) is 0 Å². The molecule has 0 aliphatic heterocycles. The van der Waals surface area contributed by atoms with Gasteiger partial charge in [-0.05, 0) is 25.7 Å². The van der Waals surface area contributed by atoms with Crippen LogP contribution in [0.2, 0.25) is 0 Å². The molecule has 0 saturated heterocycles. The van der Waals surface area contributed by atoms with Gasteiger partial charge in [-0.1, -0.05) is 309 Å². The van der Waals surface area contributed by atoms with Gasteiger partial charge in [0.2, 0.25) is 5.91 Å². The highest BCUT2D eigenvalue weighted by Crippen LogP contribution is 2.18. The van der Waals surface area contributed by atoms with Crippen LogP contribution in [-0.2, 0) is 14.3 Å². The van der Waals surface area contributed by atoms with Crippen molar-refractivity contribution in [1.82, 2.24) is 5.32 Å². The Kier molecular flexibility index (Phi) is 55.5. The van der Waals surface area contributed by atoms with Crippen molar-refractivity contribution in [3.05, 3.63) is 0 Å². The molecule has 394 valence electrons. The molecule has 2 atom stereocenters. The van der Waals surface area contributed by atoms with Gasteiger partial charge in [0.25, 0.3) is 0 Å². The summed E-state index contributed by atoms with van der Waals surface area (Å²) in [5, 5.41) is 23.3. The van der Waals surface area contributed by atoms with Crippen LogP contribution in [-0.4, -0.2) is 47.4 Å². The van der Waals surface area contributed by atoms with Crippen molar-refractivity contribution in [3.63, 3.8) is 0 Å². The van der Waals surface area contributed by atoms with Crippen LogP contribution in [0, 0.1) is 0 Å². The van der Waals surface area contributed by atoms with E-state index >= 15 is 0 Å². The number of ether oxygens (including phenoxy) is 1. The van der Waals surface area contributed by atoms with Gasteiger partial charge < -0.3 is 20.3 Å². The Morgan fingerprint density at radius 3 is 0.924 bits per heavy atom. The standard InChI is InChI=1S/C60H119NO5/c1-3-5-7-9-11-13-15-17-18-23-26-29-32-36-40-44-48-52-58(63)57(56-62)61-59(64)53-49-45-41-37-33-30-27-24-21-19-20-22-25-28-31-35-39-43-47-51-55-66-60(65)54-50-46-42-38-34-16-14-12-10-8-6-4-2/h57-58,62-63H,3-56H2,1-2H3,(H,61,64). The van der Waals surface area contributed by atoms with E-state index in [1.54, 1.807) is 0 Å². The summed E-state index contributed by atoms with van der Waals surface area (Å²) in [5.74, 6) is -0.0209. The minimum absolute atomic E-state index is 0.0123. The molecule has 0 aromatic carbocycles. The van der Waals surface area contributed by atoms with E-state index < -0.39 is 12.1 Å². The lowest BCUT2D eigenvalue weighted by molar-refractivity contribution is -0.143. The first kappa shape index (κ1) is 64.9. The van der Waals surface area contributed by atoms with Gasteiger partial charge in [0.1, 0.15) is 0 Å². The van der Waals surface area contributed by atoms with E-state index in [0.29, 0.717) is 25.9 Å². The van der Waals surface area contributed by atoms with E-state index in [1.165, 1.54) is 276 Å². The summed E-state index contributed by atoms with van der Waals surface area (Å²) in [7, 11) is 0. The molecule has 0 aromatic heterocycles. The van der Waals surface area contributed by atoms with E-state index in [2.05, 4.69) is 19.2 Å². The maximum absolute atomic E-state index is 12.5. The summed E-state index contributed by atoms with van der Waals surface area (Å²) in [6.45, 7) is 4.98. The van der Waals surface area contributed by atoms with Gasteiger partial charge in [0.15, 0.2) is 0 Å². The lowest BCUT2D eigenvalue weighted by Crippen LogP contribution is -2.45. The first-order chi connectivity index (χ1) is 32.5. The van der Waals surface area contributed by atoms with Crippen molar-refractivity contribution in [1.29, 1.82) is 0 Å². The third-order valence-electron chi connectivity index (χ3n) is 14.4. The number of hydrogen-bond donors (Lipinski definition) is 3. The van der Waals surface area contributed by atoms with Gasteiger partial charge in [0, 0.05) is 12.8 Å². The fourth-order valence-electron chi connectivity index (χ4n) is 9.76. The Morgan fingerprint density at radius 1 is 0.364 bits per heavy atom. The Labute approximate surface area is 413 Å². The molecule has 66 heavy (non-hydrogen) atoms. The summed E-state index contributed by atoms with van der Waals surface area (Å²) in [4.78, 5) is 24.5. The maximum Gasteiger partial charge on any atom is 0.305 e. The van der Waals surface area contributed by atoms with Gasteiger partial charge >= 0.3 is 5.97 Å². The molecule has 0 rings (SSSR count). The first-order valence-electron chi connectivity index (χ1n) is 30.3. The molecule has 0 fully saturated rings. The van der Waals surface area contributed by atoms with Gasteiger partial charge in [0.05, 0.1) is 25.4 Å². The van der Waals surface area contributed by atoms with Gasteiger partial charge in [-0.25, -0.2) is 0 Å². The molecule has 1 amide bonds. The molecule has 0 heterocycles. The highest BCUT2D eigenvalue weighted by atomic mass is 16.5. The van der Waals surface area contributed by atoms with E-state index in [1.807, 2.05) is 0 Å². The second-order valence-corrected chi connectivity index (χ2v) is 21.1. The number of nitrogens with one attached hydrogen (secondary N) is 1. The van der Waals surface area contributed by atoms with Crippen LogP contribution in [0.15, 0.2) is 0 Å². The Bertz CT molecular complexity index is 944. The molecule has 6 nitrogen and oxygen atoms in total. The van der Waals surface area contributed by atoms with Crippen molar-refractivity contribution in [3.8, 4) is 0 Å². The van der Waals surface area contributed by atoms with Crippen molar-refractivity contribution in [2.45, 2.75) is 360 Å². The molecule has 2 unspecified atom stereocenters. The zero-order chi connectivity index (χ0) is 47.9. The number of aliphatic hydroxyl groups excluding tert-OH is 2. The fraction of sp³-hybridized carbons (Fsp3) is 0.967. The molecule has 3 N–H and O–H groups in total. The predicted octanol–water partition coefficient (Wildman–Crippen LogP) is 18.7. The number of unbranched alkanes of at least 4 members (excludes halogenated alkanes) is 46. The van der Waals surface area contributed by atoms with E-state index in [-0.39, 0.29) is 18.5 Å². The topological polar surface area (TPSA) is 95.9 Å². The molecular formula is C60H119NO5. The number of amides is 1. The number of aliphatic hydroxyl groups is 2. The van der Waals surface area contributed by atoms with E-state index in [4.69, 9.17) is 4.74 Å². The average molecular weight is 935 g/mol. The molecule has 6 heteroatoms. The normalized spacial score (nSPS) is 12.5. The van der Waals surface area contributed by atoms with Crippen LogP contribution < -0.4 is 5.32 Å². The van der Waals surface area contributed by atoms with E-state index in [9.17, 15) is 19.8 Å². The second kappa shape index (κ2) is 56.4. The minimum atomic E-state index is -0.664. The van der Waals surface area contributed by atoms with Crippen LogP contribution in [0.5, 0.6) is 0 Å². The van der Waals surface area contributed by atoms with Crippen LogP contribution in [0.25, 0.3) is 0 Å². The number of rotatable bonds is 57. The zero-order valence-electron chi connectivity index (χ0n) is 45.0. The molecule has 0 aliphatic rings. The van der Waals surface area contributed by atoms with E-state index in [0.717, 1.165) is 38.5 Å². The van der Waals surface area contributed by atoms with Crippen LogP contribution in [0.3, 0.4) is 0 Å².